The lowest BCUT2D eigenvalue weighted by Gasteiger charge is -2.18. The van der Waals surface area contributed by atoms with Crippen molar-refractivity contribution in [2.24, 2.45) is 0 Å². The van der Waals surface area contributed by atoms with Crippen molar-refractivity contribution >= 4 is 23.5 Å². The van der Waals surface area contributed by atoms with Crippen molar-refractivity contribution in [3.05, 3.63) is 69.7 Å². The maximum absolute atomic E-state index is 13.0. The molecule has 0 spiro atoms. The van der Waals surface area contributed by atoms with Gasteiger partial charge in [0.05, 0.1) is 24.7 Å². The average Bonchev–Trinajstić information content (AvgIpc) is 2.65. The minimum atomic E-state index is -5.03. The fraction of sp³-hybridized carbons (Fsp3) is 0.300. The SMILES string of the molecule is COC(=O)[C@@H](Cc1cccc(Cl)c1)NC(=O)Cc1cc(C(F)(F)F)cc(C(F)(F)F)c1. The Balaban J connectivity index is 2.24. The van der Waals surface area contributed by atoms with Gasteiger partial charge in [0.2, 0.25) is 5.91 Å². The quantitative estimate of drug-likeness (QED) is 0.489. The molecular formula is C20H16ClF6NO3. The van der Waals surface area contributed by atoms with Crippen LogP contribution in [0.5, 0.6) is 0 Å². The van der Waals surface area contributed by atoms with Crippen molar-refractivity contribution < 1.29 is 40.7 Å². The Kier molecular flexibility index (Phi) is 7.58. The molecule has 0 aliphatic carbocycles. The van der Waals surface area contributed by atoms with Gasteiger partial charge in [-0.3, -0.25) is 4.79 Å². The van der Waals surface area contributed by atoms with Crippen LogP contribution in [-0.4, -0.2) is 25.0 Å². The molecule has 1 N–H and O–H groups in total. The monoisotopic (exact) mass is 467 g/mol. The number of esters is 1. The highest BCUT2D eigenvalue weighted by Crippen LogP contribution is 2.36. The Morgan fingerprint density at radius 1 is 0.968 bits per heavy atom. The van der Waals surface area contributed by atoms with Crippen LogP contribution < -0.4 is 5.32 Å². The van der Waals surface area contributed by atoms with Crippen LogP contribution in [0.4, 0.5) is 26.3 Å². The van der Waals surface area contributed by atoms with Gasteiger partial charge < -0.3 is 10.1 Å². The van der Waals surface area contributed by atoms with Gasteiger partial charge in [0, 0.05) is 11.4 Å². The highest BCUT2D eigenvalue weighted by Gasteiger charge is 2.37. The third-order valence-corrected chi connectivity index (χ3v) is 4.40. The van der Waals surface area contributed by atoms with Crippen LogP contribution in [0.25, 0.3) is 0 Å². The van der Waals surface area contributed by atoms with E-state index in [1.807, 2.05) is 0 Å². The van der Waals surface area contributed by atoms with E-state index in [9.17, 15) is 35.9 Å². The lowest BCUT2D eigenvalue weighted by atomic mass is 10.0. The molecule has 0 fully saturated rings. The van der Waals surface area contributed by atoms with E-state index in [0.29, 0.717) is 22.7 Å². The first-order chi connectivity index (χ1) is 14.3. The number of rotatable bonds is 6. The fourth-order valence-corrected chi connectivity index (χ4v) is 3.00. The summed E-state index contributed by atoms with van der Waals surface area (Å²) in [5.74, 6) is -1.79. The van der Waals surface area contributed by atoms with Gasteiger partial charge in [-0.25, -0.2) is 4.79 Å². The van der Waals surface area contributed by atoms with Crippen molar-refractivity contribution in [2.45, 2.75) is 31.2 Å². The predicted octanol–water partition coefficient (Wildman–Crippen LogP) is 4.82. The summed E-state index contributed by atoms with van der Waals surface area (Å²) in [7, 11) is 1.07. The number of carbonyl (C=O) groups is 2. The van der Waals surface area contributed by atoms with Gasteiger partial charge in [-0.2, -0.15) is 26.3 Å². The van der Waals surface area contributed by atoms with Gasteiger partial charge in [0.25, 0.3) is 0 Å². The van der Waals surface area contributed by atoms with Crippen molar-refractivity contribution in [1.29, 1.82) is 0 Å². The Bertz CT molecular complexity index is 926. The van der Waals surface area contributed by atoms with E-state index in [4.69, 9.17) is 11.6 Å². The zero-order chi connectivity index (χ0) is 23.4. The molecule has 31 heavy (non-hydrogen) atoms. The summed E-state index contributed by atoms with van der Waals surface area (Å²) in [5, 5.41) is 2.65. The first-order valence-electron chi connectivity index (χ1n) is 8.69. The van der Waals surface area contributed by atoms with Crippen LogP contribution >= 0.6 is 11.6 Å². The molecular weight excluding hydrogens is 452 g/mol. The van der Waals surface area contributed by atoms with Crippen molar-refractivity contribution in [3.63, 3.8) is 0 Å². The maximum atomic E-state index is 13.0. The van der Waals surface area contributed by atoms with E-state index in [1.54, 1.807) is 18.2 Å². The van der Waals surface area contributed by atoms with Crippen LogP contribution in [0.1, 0.15) is 22.3 Å². The van der Waals surface area contributed by atoms with E-state index in [1.165, 1.54) is 6.07 Å². The van der Waals surface area contributed by atoms with Crippen LogP contribution in [0.15, 0.2) is 42.5 Å². The smallest absolute Gasteiger partial charge is 0.416 e. The van der Waals surface area contributed by atoms with Crippen LogP contribution in [0.3, 0.4) is 0 Å². The van der Waals surface area contributed by atoms with Crippen LogP contribution in [-0.2, 0) is 39.5 Å². The topological polar surface area (TPSA) is 55.4 Å². The molecule has 0 bridgehead atoms. The molecule has 2 aromatic carbocycles. The second kappa shape index (κ2) is 9.59. The minimum absolute atomic E-state index is 0.0300. The van der Waals surface area contributed by atoms with E-state index in [-0.39, 0.29) is 12.5 Å². The average molecular weight is 468 g/mol. The van der Waals surface area contributed by atoms with Gasteiger partial charge in [0.1, 0.15) is 6.04 Å². The molecule has 0 radical (unpaired) electrons. The molecule has 0 saturated heterocycles. The molecule has 0 heterocycles. The highest BCUT2D eigenvalue weighted by atomic mass is 35.5. The lowest BCUT2D eigenvalue weighted by Crippen LogP contribution is -2.43. The third kappa shape index (κ3) is 7.16. The second-order valence-electron chi connectivity index (χ2n) is 6.57. The number of halogens is 7. The minimum Gasteiger partial charge on any atom is -0.467 e. The van der Waals surface area contributed by atoms with Gasteiger partial charge >= 0.3 is 18.3 Å². The van der Waals surface area contributed by atoms with E-state index in [2.05, 4.69) is 10.1 Å². The Labute approximate surface area is 178 Å². The first-order valence-corrected chi connectivity index (χ1v) is 9.07. The van der Waals surface area contributed by atoms with E-state index < -0.39 is 53.4 Å². The van der Waals surface area contributed by atoms with E-state index >= 15 is 0 Å². The van der Waals surface area contributed by atoms with E-state index in [0.717, 1.165) is 7.11 Å². The number of hydrogen-bond acceptors (Lipinski definition) is 3. The van der Waals surface area contributed by atoms with Gasteiger partial charge in [-0.1, -0.05) is 23.7 Å². The normalized spacial score (nSPS) is 12.9. The molecule has 0 aliphatic rings. The molecule has 168 valence electrons. The number of ether oxygens (including phenoxy) is 1. The summed E-state index contributed by atoms with van der Waals surface area (Å²) >= 11 is 5.87. The predicted molar refractivity (Wildman–Crippen MR) is 99.3 cm³/mol. The number of nitrogens with one attached hydrogen (secondary N) is 1. The van der Waals surface area contributed by atoms with Crippen molar-refractivity contribution in [3.8, 4) is 0 Å². The molecule has 1 atom stereocenters. The number of benzene rings is 2. The first kappa shape index (κ1) is 24.5. The molecule has 0 aliphatic heterocycles. The molecule has 0 aromatic heterocycles. The molecule has 4 nitrogen and oxygen atoms in total. The summed E-state index contributed by atoms with van der Waals surface area (Å²) < 4.78 is 82.4. The zero-order valence-corrected chi connectivity index (χ0v) is 16.7. The third-order valence-electron chi connectivity index (χ3n) is 4.16. The Morgan fingerprint density at radius 3 is 2.03 bits per heavy atom. The van der Waals surface area contributed by atoms with Crippen LogP contribution in [0, 0.1) is 0 Å². The summed E-state index contributed by atoms with van der Waals surface area (Å²) in [5.41, 5.74) is -3.02. The van der Waals surface area contributed by atoms with Gasteiger partial charge in [0.15, 0.2) is 0 Å². The summed E-state index contributed by atoms with van der Waals surface area (Å²) in [4.78, 5) is 24.3. The van der Waals surface area contributed by atoms with Crippen molar-refractivity contribution in [2.75, 3.05) is 7.11 Å². The highest BCUT2D eigenvalue weighted by molar-refractivity contribution is 6.30. The maximum Gasteiger partial charge on any atom is 0.416 e. The fourth-order valence-electron chi connectivity index (χ4n) is 2.79. The summed E-state index contributed by atoms with van der Waals surface area (Å²) in [6.45, 7) is 0. The van der Waals surface area contributed by atoms with Crippen molar-refractivity contribution in [1.82, 2.24) is 5.32 Å². The standard InChI is InChI=1S/C20H16ClF6NO3/c1-31-18(30)16(8-11-3-2-4-15(21)7-11)28-17(29)9-12-5-13(19(22,23)24)10-14(6-12)20(25,26)27/h2-7,10,16H,8-9H2,1H3,(H,28,29)/t16-/m1/s1. The molecule has 0 saturated carbocycles. The number of amides is 1. The van der Waals surface area contributed by atoms with Crippen LogP contribution in [0.2, 0.25) is 5.02 Å². The zero-order valence-electron chi connectivity index (χ0n) is 15.9. The summed E-state index contributed by atoms with van der Waals surface area (Å²) in [6.07, 6.45) is -10.9. The molecule has 0 unspecified atom stereocenters. The van der Waals surface area contributed by atoms with Gasteiger partial charge in [-0.15, -0.1) is 0 Å². The number of carbonyl (C=O) groups excluding carboxylic acids is 2. The largest absolute Gasteiger partial charge is 0.467 e. The number of alkyl halides is 6. The molecule has 1 amide bonds. The number of methoxy groups -OCH3 is 1. The lowest BCUT2D eigenvalue weighted by molar-refractivity contribution is -0.145. The second-order valence-corrected chi connectivity index (χ2v) is 7.00. The van der Waals surface area contributed by atoms with Gasteiger partial charge in [-0.05, 0) is 41.5 Å². The molecule has 2 aromatic rings. The summed E-state index contributed by atoms with van der Waals surface area (Å²) in [6, 6.07) is 6.01. The Hall–Kier alpha value is -2.75. The molecule has 11 heteroatoms. The number of hydrogen-bond donors (Lipinski definition) is 1. The Morgan fingerprint density at radius 2 is 1.55 bits per heavy atom. The molecule has 2 rings (SSSR count).